The van der Waals surface area contributed by atoms with E-state index in [9.17, 15) is 24.1 Å². The van der Waals surface area contributed by atoms with E-state index in [1.54, 1.807) is 17.0 Å². The number of carbonyl (C=O) groups excluding carboxylic acids is 2. The number of amides is 1. The van der Waals surface area contributed by atoms with Crippen LogP contribution >= 0.6 is 0 Å². The average Bonchev–Trinajstić information content (AvgIpc) is 2.77. The number of hydrogen-bond donors (Lipinski definition) is 0. The van der Waals surface area contributed by atoms with Gasteiger partial charge in [-0.2, -0.15) is 0 Å². The number of esters is 1. The van der Waals surface area contributed by atoms with Gasteiger partial charge < -0.3 is 9.64 Å². The van der Waals surface area contributed by atoms with Gasteiger partial charge in [-0.05, 0) is 36.6 Å². The number of rotatable bonds is 7. The smallest absolute Gasteiger partial charge is 0.345 e. The van der Waals surface area contributed by atoms with E-state index in [-0.39, 0.29) is 35.6 Å². The van der Waals surface area contributed by atoms with E-state index in [4.69, 9.17) is 4.74 Å². The molecule has 0 saturated heterocycles. The molecule has 0 bridgehead atoms. The van der Waals surface area contributed by atoms with Crippen molar-refractivity contribution >= 4 is 17.6 Å². The second-order valence-corrected chi connectivity index (χ2v) is 7.29. The second-order valence-electron chi connectivity index (χ2n) is 7.29. The number of halogens is 1. The molecule has 1 saturated carbocycles. The first kappa shape index (κ1) is 21.4. The van der Waals surface area contributed by atoms with Crippen molar-refractivity contribution in [1.29, 1.82) is 0 Å². The van der Waals surface area contributed by atoms with Gasteiger partial charge in [-0.25, -0.2) is 9.18 Å². The van der Waals surface area contributed by atoms with Crippen molar-refractivity contribution in [3.05, 3.63) is 75.6 Å². The predicted molar refractivity (Wildman–Crippen MR) is 107 cm³/mol. The van der Waals surface area contributed by atoms with Crippen molar-refractivity contribution in [3.8, 4) is 0 Å². The summed E-state index contributed by atoms with van der Waals surface area (Å²) >= 11 is 0. The predicted octanol–water partition coefficient (Wildman–Crippen LogP) is 4.25. The zero-order valence-electron chi connectivity index (χ0n) is 16.5. The topological polar surface area (TPSA) is 89.8 Å². The van der Waals surface area contributed by atoms with Crippen molar-refractivity contribution in [2.24, 2.45) is 0 Å². The van der Waals surface area contributed by atoms with E-state index in [0.717, 1.165) is 37.7 Å². The summed E-state index contributed by atoms with van der Waals surface area (Å²) in [7, 11) is 0. The third-order valence-electron chi connectivity index (χ3n) is 5.25. The number of benzene rings is 2. The molecule has 1 aliphatic rings. The van der Waals surface area contributed by atoms with Crippen molar-refractivity contribution in [3.63, 3.8) is 0 Å². The Morgan fingerprint density at radius 2 is 1.73 bits per heavy atom. The highest BCUT2D eigenvalue weighted by Gasteiger charge is 2.27. The van der Waals surface area contributed by atoms with Crippen LogP contribution in [-0.2, 0) is 16.1 Å². The molecule has 0 radical (unpaired) electrons. The molecule has 0 N–H and O–H groups in total. The Morgan fingerprint density at radius 1 is 1.07 bits per heavy atom. The molecule has 0 unspecified atom stereocenters. The van der Waals surface area contributed by atoms with E-state index in [2.05, 4.69) is 0 Å². The average molecular weight is 414 g/mol. The van der Waals surface area contributed by atoms with E-state index < -0.39 is 17.5 Å². The van der Waals surface area contributed by atoms with Crippen LogP contribution in [0.15, 0.2) is 48.5 Å². The fourth-order valence-electron chi connectivity index (χ4n) is 3.69. The van der Waals surface area contributed by atoms with Crippen LogP contribution in [-0.4, -0.2) is 34.3 Å². The maximum atomic E-state index is 13.2. The lowest BCUT2D eigenvalue weighted by atomic mass is 9.93. The Balaban J connectivity index is 1.70. The summed E-state index contributed by atoms with van der Waals surface area (Å²) < 4.78 is 18.3. The standard InChI is InChI=1S/C22H23FN2O5/c23-17-12-10-16(11-13-17)14-24(18-6-2-1-3-7-18)21(26)15-30-22(27)19-8-4-5-9-20(19)25(28)29/h4-5,8-13,18H,1-3,6-7,14-15H2. The Labute approximate surface area is 173 Å². The van der Waals surface area contributed by atoms with E-state index in [1.165, 1.54) is 36.4 Å². The highest BCUT2D eigenvalue weighted by molar-refractivity contribution is 5.95. The quantitative estimate of drug-likeness (QED) is 0.384. The molecule has 0 spiro atoms. The fourth-order valence-corrected chi connectivity index (χ4v) is 3.69. The number of nitrogens with zero attached hydrogens (tertiary/aromatic N) is 2. The Kier molecular flexibility index (Phi) is 7.11. The normalized spacial score (nSPS) is 14.2. The molecule has 158 valence electrons. The first-order chi connectivity index (χ1) is 14.5. The number of nitro groups is 1. The highest BCUT2D eigenvalue weighted by Crippen LogP contribution is 2.25. The summed E-state index contributed by atoms with van der Waals surface area (Å²) in [5, 5.41) is 11.1. The molecule has 0 heterocycles. The van der Waals surface area contributed by atoms with Crippen LogP contribution in [0.1, 0.15) is 48.0 Å². The Hall–Kier alpha value is -3.29. The molecule has 1 amide bonds. The van der Waals surface area contributed by atoms with E-state index >= 15 is 0 Å². The summed E-state index contributed by atoms with van der Waals surface area (Å²) in [6.45, 7) is -0.227. The lowest BCUT2D eigenvalue weighted by Gasteiger charge is -2.34. The van der Waals surface area contributed by atoms with Gasteiger partial charge in [0.1, 0.15) is 11.4 Å². The molecule has 8 heteroatoms. The monoisotopic (exact) mass is 414 g/mol. The summed E-state index contributed by atoms with van der Waals surface area (Å²) in [5.41, 5.74) is 0.212. The number of nitro benzene ring substituents is 1. The maximum Gasteiger partial charge on any atom is 0.345 e. The van der Waals surface area contributed by atoms with Crippen molar-refractivity contribution < 1.29 is 23.6 Å². The van der Waals surface area contributed by atoms with Gasteiger partial charge in [0.05, 0.1) is 4.92 Å². The van der Waals surface area contributed by atoms with Crippen LogP contribution in [0.25, 0.3) is 0 Å². The van der Waals surface area contributed by atoms with E-state index in [0.29, 0.717) is 0 Å². The number of hydrogen-bond acceptors (Lipinski definition) is 5. The van der Waals surface area contributed by atoms with Crippen molar-refractivity contribution in [2.45, 2.75) is 44.7 Å². The molecule has 2 aromatic carbocycles. The molecular weight excluding hydrogens is 391 g/mol. The summed E-state index contributed by atoms with van der Waals surface area (Å²) in [4.78, 5) is 37.3. The molecule has 3 rings (SSSR count). The van der Waals surface area contributed by atoms with Crippen LogP contribution in [0.3, 0.4) is 0 Å². The molecule has 1 aliphatic carbocycles. The maximum absolute atomic E-state index is 13.2. The first-order valence-electron chi connectivity index (χ1n) is 9.90. The molecule has 30 heavy (non-hydrogen) atoms. The van der Waals surface area contributed by atoms with Crippen LogP contribution in [0.5, 0.6) is 0 Å². The van der Waals surface area contributed by atoms with Crippen LogP contribution in [0.4, 0.5) is 10.1 Å². The van der Waals surface area contributed by atoms with Gasteiger partial charge >= 0.3 is 5.97 Å². The lowest BCUT2D eigenvalue weighted by molar-refractivity contribution is -0.385. The second kappa shape index (κ2) is 9.96. The van der Waals surface area contributed by atoms with Crippen LogP contribution in [0.2, 0.25) is 0 Å². The van der Waals surface area contributed by atoms with Gasteiger partial charge in [0.25, 0.3) is 11.6 Å². The van der Waals surface area contributed by atoms with Gasteiger partial charge in [-0.3, -0.25) is 14.9 Å². The Bertz CT molecular complexity index is 910. The van der Waals surface area contributed by atoms with E-state index in [1.807, 2.05) is 0 Å². The minimum atomic E-state index is -0.916. The lowest BCUT2D eigenvalue weighted by Crippen LogP contribution is -2.43. The molecule has 0 aromatic heterocycles. The van der Waals surface area contributed by atoms with Crippen LogP contribution in [0, 0.1) is 15.9 Å². The number of para-hydroxylation sites is 1. The van der Waals surface area contributed by atoms with Gasteiger partial charge in [0.15, 0.2) is 6.61 Å². The van der Waals surface area contributed by atoms with Gasteiger partial charge in [-0.15, -0.1) is 0 Å². The third-order valence-corrected chi connectivity index (χ3v) is 5.25. The minimum Gasteiger partial charge on any atom is -0.452 e. The number of carbonyl (C=O) groups is 2. The molecular formula is C22H23FN2O5. The van der Waals surface area contributed by atoms with Crippen molar-refractivity contribution in [1.82, 2.24) is 4.90 Å². The van der Waals surface area contributed by atoms with Gasteiger partial charge in [-0.1, -0.05) is 43.5 Å². The molecule has 7 nitrogen and oxygen atoms in total. The minimum absolute atomic E-state index is 0.0149. The molecule has 2 aromatic rings. The zero-order chi connectivity index (χ0) is 21.5. The first-order valence-corrected chi connectivity index (χ1v) is 9.90. The van der Waals surface area contributed by atoms with Crippen molar-refractivity contribution in [2.75, 3.05) is 6.61 Å². The molecule has 0 atom stereocenters. The SMILES string of the molecule is O=C(OCC(=O)N(Cc1ccc(F)cc1)C1CCCCC1)c1ccccc1[N+](=O)[O-]. The third kappa shape index (κ3) is 5.40. The number of ether oxygens (including phenoxy) is 1. The highest BCUT2D eigenvalue weighted by atomic mass is 19.1. The largest absolute Gasteiger partial charge is 0.452 e. The molecule has 1 fully saturated rings. The van der Waals surface area contributed by atoms with Gasteiger partial charge in [0.2, 0.25) is 0 Å². The summed E-state index contributed by atoms with van der Waals surface area (Å²) in [6, 6.07) is 11.4. The summed E-state index contributed by atoms with van der Waals surface area (Å²) in [5.74, 6) is -1.65. The van der Waals surface area contributed by atoms with Gasteiger partial charge in [0, 0.05) is 18.7 Å². The fraction of sp³-hybridized carbons (Fsp3) is 0.364. The van der Waals surface area contributed by atoms with Crippen LogP contribution < -0.4 is 0 Å². The molecule has 0 aliphatic heterocycles. The zero-order valence-corrected chi connectivity index (χ0v) is 16.5. The summed E-state index contributed by atoms with van der Waals surface area (Å²) in [6.07, 6.45) is 4.83. The Morgan fingerprint density at radius 3 is 2.40 bits per heavy atom.